The van der Waals surface area contributed by atoms with Crippen molar-refractivity contribution < 1.29 is 23.2 Å². The molecule has 0 aromatic heterocycles. The zero-order valence-corrected chi connectivity index (χ0v) is 17.8. The number of phenols is 1. The molecule has 1 aliphatic heterocycles. The van der Waals surface area contributed by atoms with E-state index in [4.69, 9.17) is 0 Å². The van der Waals surface area contributed by atoms with E-state index in [1.165, 1.54) is 22.5 Å². The van der Waals surface area contributed by atoms with E-state index in [0.717, 1.165) is 5.56 Å². The number of para-hydroxylation sites is 2. The van der Waals surface area contributed by atoms with Crippen LogP contribution in [0.2, 0.25) is 0 Å². The van der Waals surface area contributed by atoms with Gasteiger partial charge in [-0.25, -0.2) is 8.42 Å². The number of hydrogen-bond donors (Lipinski definition) is 2. The number of rotatable bonds is 7. The normalized spacial score (nSPS) is 14.9. The minimum atomic E-state index is -3.86. The van der Waals surface area contributed by atoms with Gasteiger partial charge < -0.3 is 15.3 Å². The molecule has 2 N–H and O–H groups in total. The SMILES string of the molecule is Cc1ccc(O)c(S(=O)(=O)N2CCN(C(=O)CCNc3ccccc3[N+](=O)[O-])CC2)c1. The van der Waals surface area contributed by atoms with Crippen molar-refractivity contribution >= 4 is 27.3 Å². The van der Waals surface area contributed by atoms with Crippen LogP contribution in [0.15, 0.2) is 47.4 Å². The van der Waals surface area contributed by atoms with Crippen molar-refractivity contribution in [2.45, 2.75) is 18.2 Å². The Morgan fingerprint density at radius 2 is 1.84 bits per heavy atom. The highest BCUT2D eigenvalue weighted by molar-refractivity contribution is 7.89. The molecule has 2 aromatic carbocycles. The minimum Gasteiger partial charge on any atom is -0.507 e. The van der Waals surface area contributed by atoms with Crippen LogP contribution in [0, 0.1) is 17.0 Å². The number of nitro benzene ring substituents is 1. The first-order chi connectivity index (χ1) is 14.7. The standard InChI is InChI=1S/C20H24N4O6S/c1-15-6-7-18(25)19(14-15)31(29,30)23-12-10-22(11-13-23)20(26)8-9-21-16-4-2-3-5-17(16)24(27)28/h2-7,14,21,25H,8-13H2,1H3. The number of amides is 1. The molecule has 3 rings (SSSR count). The third-order valence-corrected chi connectivity index (χ3v) is 7.01. The van der Waals surface area contributed by atoms with Crippen molar-refractivity contribution in [3.63, 3.8) is 0 Å². The van der Waals surface area contributed by atoms with Gasteiger partial charge in [0.2, 0.25) is 15.9 Å². The van der Waals surface area contributed by atoms with Gasteiger partial charge in [0.15, 0.2) is 0 Å². The third kappa shape index (κ3) is 5.12. The van der Waals surface area contributed by atoms with Gasteiger partial charge in [0.25, 0.3) is 5.69 Å². The van der Waals surface area contributed by atoms with Crippen molar-refractivity contribution in [1.82, 2.24) is 9.21 Å². The maximum Gasteiger partial charge on any atom is 0.292 e. The molecule has 0 saturated carbocycles. The Balaban J connectivity index is 1.54. The molecule has 2 aromatic rings. The van der Waals surface area contributed by atoms with Gasteiger partial charge in [0, 0.05) is 45.2 Å². The monoisotopic (exact) mass is 448 g/mol. The number of carbonyl (C=O) groups excluding carboxylic acids is 1. The molecule has 10 nitrogen and oxygen atoms in total. The number of piperazine rings is 1. The summed E-state index contributed by atoms with van der Waals surface area (Å²) in [5, 5.41) is 23.9. The molecule has 0 unspecified atom stereocenters. The second-order valence-electron chi connectivity index (χ2n) is 7.21. The van der Waals surface area contributed by atoms with Crippen LogP contribution in [0.5, 0.6) is 5.75 Å². The van der Waals surface area contributed by atoms with E-state index in [0.29, 0.717) is 5.69 Å². The molecular formula is C20H24N4O6S. The highest BCUT2D eigenvalue weighted by Crippen LogP contribution is 2.27. The van der Waals surface area contributed by atoms with E-state index < -0.39 is 14.9 Å². The van der Waals surface area contributed by atoms with Gasteiger partial charge in [0.1, 0.15) is 16.3 Å². The Hall–Kier alpha value is -3.18. The minimum absolute atomic E-state index is 0.0619. The van der Waals surface area contributed by atoms with Crippen LogP contribution in [-0.4, -0.2) is 66.3 Å². The molecule has 1 saturated heterocycles. The van der Waals surface area contributed by atoms with E-state index in [2.05, 4.69) is 5.32 Å². The molecule has 0 aliphatic carbocycles. The van der Waals surface area contributed by atoms with Crippen LogP contribution >= 0.6 is 0 Å². The number of benzene rings is 2. The fraction of sp³-hybridized carbons (Fsp3) is 0.350. The summed E-state index contributed by atoms with van der Waals surface area (Å²) in [6, 6.07) is 10.6. The number of hydrogen-bond acceptors (Lipinski definition) is 7. The topological polar surface area (TPSA) is 133 Å². The van der Waals surface area contributed by atoms with Crippen molar-refractivity contribution in [3.05, 3.63) is 58.1 Å². The Morgan fingerprint density at radius 1 is 1.16 bits per heavy atom. The molecule has 1 fully saturated rings. The molecule has 0 atom stereocenters. The largest absolute Gasteiger partial charge is 0.507 e. The number of nitrogens with one attached hydrogen (secondary N) is 1. The molecule has 11 heteroatoms. The molecule has 1 amide bonds. The Labute approximate surface area is 180 Å². The van der Waals surface area contributed by atoms with Gasteiger partial charge >= 0.3 is 0 Å². The van der Waals surface area contributed by atoms with Crippen LogP contribution in [0.1, 0.15) is 12.0 Å². The lowest BCUT2D eigenvalue weighted by Gasteiger charge is -2.34. The summed E-state index contributed by atoms with van der Waals surface area (Å²) in [7, 11) is -3.86. The number of anilines is 1. The average Bonchev–Trinajstić information content (AvgIpc) is 2.75. The van der Waals surface area contributed by atoms with E-state index >= 15 is 0 Å². The maximum absolute atomic E-state index is 12.9. The van der Waals surface area contributed by atoms with Gasteiger partial charge in [-0.15, -0.1) is 0 Å². The van der Waals surface area contributed by atoms with Gasteiger partial charge in [-0.05, 0) is 30.7 Å². The second-order valence-corrected chi connectivity index (χ2v) is 9.11. The highest BCUT2D eigenvalue weighted by Gasteiger charge is 2.31. The van der Waals surface area contributed by atoms with Crippen LogP contribution in [0.25, 0.3) is 0 Å². The zero-order valence-electron chi connectivity index (χ0n) is 17.0. The summed E-state index contributed by atoms with van der Waals surface area (Å²) in [6.07, 6.45) is 0.122. The number of nitrogens with zero attached hydrogens (tertiary/aromatic N) is 3. The lowest BCUT2D eigenvalue weighted by atomic mass is 10.2. The summed E-state index contributed by atoms with van der Waals surface area (Å²) in [4.78, 5) is 24.5. The van der Waals surface area contributed by atoms with Crippen LogP contribution < -0.4 is 5.32 Å². The lowest BCUT2D eigenvalue weighted by molar-refractivity contribution is -0.384. The van der Waals surface area contributed by atoms with Crippen molar-refractivity contribution in [2.24, 2.45) is 0 Å². The zero-order chi connectivity index (χ0) is 22.6. The number of aromatic hydroxyl groups is 1. The first-order valence-electron chi connectivity index (χ1n) is 9.75. The van der Waals surface area contributed by atoms with Crippen molar-refractivity contribution in [2.75, 3.05) is 38.0 Å². The third-order valence-electron chi connectivity index (χ3n) is 5.08. The number of carbonyl (C=O) groups is 1. The van der Waals surface area contributed by atoms with Crippen LogP contribution in [0.4, 0.5) is 11.4 Å². The van der Waals surface area contributed by atoms with Gasteiger partial charge in [0.05, 0.1) is 4.92 Å². The van der Waals surface area contributed by atoms with E-state index in [1.54, 1.807) is 36.1 Å². The van der Waals surface area contributed by atoms with Crippen molar-refractivity contribution in [1.29, 1.82) is 0 Å². The molecule has 0 radical (unpaired) electrons. The Morgan fingerprint density at radius 3 is 2.52 bits per heavy atom. The first-order valence-corrected chi connectivity index (χ1v) is 11.2. The second kappa shape index (κ2) is 9.31. The number of nitro groups is 1. The summed E-state index contributed by atoms with van der Waals surface area (Å²) < 4.78 is 27.0. The van der Waals surface area contributed by atoms with Gasteiger partial charge in [-0.3, -0.25) is 14.9 Å². The molecular weight excluding hydrogens is 424 g/mol. The van der Waals surface area contributed by atoms with E-state index in [-0.39, 0.29) is 61.4 Å². The lowest BCUT2D eigenvalue weighted by Crippen LogP contribution is -2.50. The predicted molar refractivity (Wildman–Crippen MR) is 114 cm³/mol. The predicted octanol–water partition coefficient (Wildman–Crippen LogP) is 1.94. The highest BCUT2D eigenvalue weighted by atomic mass is 32.2. The number of sulfonamides is 1. The number of aryl methyl sites for hydroxylation is 1. The summed E-state index contributed by atoms with van der Waals surface area (Å²) in [5.41, 5.74) is 0.999. The smallest absolute Gasteiger partial charge is 0.292 e. The fourth-order valence-corrected chi connectivity index (χ4v) is 4.98. The quantitative estimate of drug-likeness (QED) is 0.488. The molecule has 31 heavy (non-hydrogen) atoms. The summed E-state index contributed by atoms with van der Waals surface area (Å²) in [6.45, 7) is 2.68. The first kappa shape index (κ1) is 22.5. The van der Waals surface area contributed by atoms with Crippen molar-refractivity contribution in [3.8, 4) is 5.75 Å². The maximum atomic E-state index is 12.9. The molecule has 0 bridgehead atoms. The molecule has 1 heterocycles. The van der Waals surface area contributed by atoms with E-state index in [9.17, 15) is 28.4 Å². The van der Waals surface area contributed by atoms with Crippen LogP contribution in [0.3, 0.4) is 0 Å². The average molecular weight is 449 g/mol. The molecule has 0 spiro atoms. The molecule has 1 aliphatic rings. The van der Waals surface area contributed by atoms with Gasteiger partial charge in [-0.2, -0.15) is 4.31 Å². The van der Waals surface area contributed by atoms with Crippen LogP contribution in [-0.2, 0) is 14.8 Å². The Bertz CT molecular complexity index is 1080. The summed E-state index contributed by atoms with van der Waals surface area (Å²) in [5.74, 6) is -0.466. The summed E-state index contributed by atoms with van der Waals surface area (Å²) >= 11 is 0. The fourth-order valence-electron chi connectivity index (χ4n) is 3.39. The Kier molecular flexibility index (Phi) is 6.76. The van der Waals surface area contributed by atoms with E-state index in [1.807, 2.05) is 0 Å². The number of phenolic OH excluding ortho intramolecular Hbond substituents is 1. The van der Waals surface area contributed by atoms with Gasteiger partial charge in [-0.1, -0.05) is 18.2 Å². The molecule has 166 valence electrons.